The van der Waals surface area contributed by atoms with Gasteiger partial charge >= 0.3 is 5.85 Å². The van der Waals surface area contributed by atoms with Gasteiger partial charge in [0.15, 0.2) is 0 Å². The van der Waals surface area contributed by atoms with E-state index in [-0.39, 0.29) is 11.7 Å². The van der Waals surface area contributed by atoms with Gasteiger partial charge in [0, 0.05) is 37.2 Å². The molecule has 1 unspecified atom stereocenters. The first-order valence-electron chi connectivity index (χ1n) is 14.7. The molecule has 2 aromatic carbocycles. The van der Waals surface area contributed by atoms with E-state index >= 15 is 0 Å². The van der Waals surface area contributed by atoms with E-state index in [0.29, 0.717) is 18.2 Å². The highest BCUT2D eigenvalue weighted by Crippen LogP contribution is 2.33. The van der Waals surface area contributed by atoms with E-state index < -0.39 is 5.85 Å². The number of rotatable bonds is 9. The number of carbonyl (C=O) groups is 1. The topological polar surface area (TPSA) is 44.8 Å². The van der Waals surface area contributed by atoms with Gasteiger partial charge in [-0.25, -0.2) is 0 Å². The molecule has 2 aliphatic rings. The molecule has 0 bridgehead atoms. The van der Waals surface area contributed by atoms with Crippen molar-refractivity contribution in [3.63, 3.8) is 0 Å². The van der Waals surface area contributed by atoms with Crippen molar-refractivity contribution in [3.8, 4) is 5.75 Å². The minimum absolute atomic E-state index is 0.118. The fraction of sp³-hybridized carbons (Fsp3) is 0.382. The van der Waals surface area contributed by atoms with Crippen molar-refractivity contribution in [3.05, 3.63) is 107 Å². The smallest absolute Gasteiger partial charge is 0.408 e. The van der Waals surface area contributed by atoms with Crippen molar-refractivity contribution in [2.24, 2.45) is 0 Å². The second-order valence-corrected chi connectivity index (χ2v) is 11.1. The van der Waals surface area contributed by atoms with Crippen LogP contribution in [0, 0.1) is 0 Å². The highest BCUT2D eigenvalue weighted by atomic mass is 31.0. The van der Waals surface area contributed by atoms with Gasteiger partial charge in [-0.1, -0.05) is 57.7 Å². The van der Waals surface area contributed by atoms with Crippen LogP contribution in [0.1, 0.15) is 70.9 Å². The number of allylic oxidation sites excluding steroid dienone is 4. The zero-order valence-electron chi connectivity index (χ0n) is 25.4. The number of alkyl halides is 2. The van der Waals surface area contributed by atoms with Crippen LogP contribution < -0.4 is 15.0 Å². The zero-order valence-corrected chi connectivity index (χ0v) is 26.6. The van der Waals surface area contributed by atoms with Crippen LogP contribution in [0.25, 0.3) is 0 Å². The van der Waals surface area contributed by atoms with Gasteiger partial charge in [-0.2, -0.15) is 8.78 Å². The molecule has 0 saturated carbocycles. The number of hydrogen-bond acceptors (Lipinski definition) is 4. The van der Waals surface area contributed by atoms with Crippen molar-refractivity contribution in [2.75, 3.05) is 18.0 Å². The standard InChI is InChI=1S/C32H38F2N3O2P.C2H6/c1-5-23(3)30(37-21-22(2)6-7-24(37)4)31(38)35-20-25-8-12-28(13-9-25)36-18-16-27(17-19-36)26-10-14-29(15-11-26)39-32(33,34)40;1-2/h6-15,21,27H,4-5,16-20,40H2,1-3H3,(H,35,38);1-2H3/b30-23+;. The van der Waals surface area contributed by atoms with Crippen LogP contribution in [-0.2, 0) is 11.3 Å². The number of benzene rings is 2. The molecule has 5 nitrogen and oxygen atoms in total. The molecule has 1 fully saturated rings. The maximum atomic E-state index is 13.3. The lowest BCUT2D eigenvalue weighted by Gasteiger charge is -2.34. The molecule has 0 radical (unpaired) electrons. The molecule has 0 spiro atoms. The summed E-state index contributed by atoms with van der Waals surface area (Å²) in [4.78, 5) is 17.5. The summed E-state index contributed by atoms with van der Waals surface area (Å²) in [6.07, 6.45) is 8.60. The number of nitrogens with one attached hydrogen (secondary N) is 1. The third-order valence-corrected chi connectivity index (χ3v) is 7.54. The first-order chi connectivity index (χ1) is 20.0. The van der Waals surface area contributed by atoms with E-state index in [0.717, 1.165) is 66.0 Å². The minimum atomic E-state index is -3.26. The first-order valence-corrected chi connectivity index (χ1v) is 15.2. The number of nitrogens with zero attached hydrogens (tertiary/aromatic N) is 2. The average Bonchev–Trinajstić information content (AvgIpc) is 2.99. The molecule has 0 aromatic heterocycles. The molecule has 1 atom stereocenters. The molecule has 1 amide bonds. The second kappa shape index (κ2) is 15.2. The van der Waals surface area contributed by atoms with Crippen molar-refractivity contribution in [2.45, 2.75) is 72.2 Å². The minimum Gasteiger partial charge on any atom is -0.430 e. The fourth-order valence-corrected chi connectivity index (χ4v) is 5.18. The van der Waals surface area contributed by atoms with Crippen molar-refractivity contribution in [1.29, 1.82) is 0 Å². The average molecular weight is 596 g/mol. The molecule has 1 N–H and O–H groups in total. The Morgan fingerprint density at radius 1 is 1.07 bits per heavy atom. The Morgan fingerprint density at radius 3 is 2.26 bits per heavy atom. The summed E-state index contributed by atoms with van der Waals surface area (Å²) in [6, 6.07) is 15.3. The lowest BCUT2D eigenvalue weighted by atomic mass is 9.89. The van der Waals surface area contributed by atoms with Gasteiger partial charge in [-0.05, 0) is 101 Å². The van der Waals surface area contributed by atoms with E-state index in [2.05, 4.69) is 45.8 Å². The van der Waals surface area contributed by atoms with E-state index in [9.17, 15) is 13.6 Å². The summed E-state index contributed by atoms with van der Waals surface area (Å²) in [5.74, 6) is -2.84. The van der Waals surface area contributed by atoms with Gasteiger partial charge in [-0.3, -0.25) is 4.79 Å². The van der Waals surface area contributed by atoms with Crippen LogP contribution in [0.15, 0.2) is 96.0 Å². The number of halogens is 2. The highest BCUT2D eigenvalue weighted by Gasteiger charge is 2.25. The van der Waals surface area contributed by atoms with E-state index in [1.54, 1.807) is 12.1 Å². The Morgan fingerprint density at radius 2 is 1.69 bits per heavy atom. The van der Waals surface area contributed by atoms with Gasteiger partial charge < -0.3 is 19.9 Å². The molecule has 2 heterocycles. The number of amides is 1. The van der Waals surface area contributed by atoms with Crippen LogP contribution in [0.4, 0.5) is 14.5 Å². The maximum Gasteiger partial charge on any atom is 0.408 e. The molecule has 2 aliphatic heterocycles. The quantitative estimate of drug-likeness (QED) is 0.233. The summed E-state index contributed by atoms with van der Waals surface area (Å²) in [5, 5.41) is 3.09. The predicted molar refractivity (Wildman–Crippen MR) is 172 cm³/mol. The van der Waals surface area contributed by atoms with Crippen molar-refractivity contribution in [1.82, 2.24) is 10.2 Å². The molecule has 1 saturated heterocycles. The van der Waals surface area contributed by atoms with Crippen LogP contribution >= 0.6 is 9.24 Å². The summed E-state index contributed by atoms with van der Waals surface area (Å²) in [6.45, 7) is 16.4. The van der Waals surface area contributed by atoms with Crippen LogP contribution in [0.3, 0.4) is 0 Å². The lowest BCUT2D eigenvalue weighted by Crippen LogP contribution is -2.33. The molecule has 8 heteroatoms. The third kappa shape index (κ3) is 9.03. The van der Waals surface area contributed by atoms with Crippen LogP contribution in [0.2, 0.25) is 0 Å². The van der Waals surface area contributed by atoms with E-state index in [1.165, 1.54) is 9.24 Å². The maximum absolute atomic E-state index is 13.3. The van der Waals surface area contributed by atoms with E-state index in [4.69, 9.17) is 0 Å². The molecule has 4 rings (SSSR count). The highest BCUT2D eigenvalue weighted by molar-refractivity contribution is 7.17. The lowest BCUT2D eigenvalue weighted by molar-refractivity contribution is -0.118. The number of ether oxygens (including phenoxy) is 1. The van der Waals surface area contributed by atoms with Gasteiger partial charge in [-0.15, -0.1) is 0 Å². The zero-order chi connectivity index (χ0) is 30.9. The fourth-order valence-electron chi connectivity index (χ4n) is 5.05. The Kier molecular flexibility index (Phi) is 11.9. The molecule has 226 valence electrons. The van der Waals surface area contributed by atoms with Gasteiger partial charge in [0.05, 0.1) is 0 Å². The normalized spacial score (nSPS) is 16.3. The van der Waals surface area contributed by atoms with E-state index in [1.807, 2.05) is 70.0 Å². The van der Waals surface area contributed by atoms with Crippen LogP contribution in [-0.4, -0.2) is 29.7 Å². The second-order valence-electron chi connectivity index (χ2n) is 10.4. The Balaban J connectivity index is 0.00000237. The number of hydrogen-bond donors (Lipinski definition) is 1. The molecule has 0 aliphatic carbocycles. The third-order valence-electron chi connectivity index (χ3n) is 7.43. The van der Waals surface area contributed by atoms with Crippen molar-refractivity contribution < 1.29 is 18.3 Å². The van der Waals surface area contributed by atoms with Gasteiger partial charge in [0.2, 0.25) is 0 Å². The van der Waals surface area contributed by atoms with Crippen LogP contribution in [0.5, 0.6) is 5.75 Å². The molecular formula is C34H44F2N3O2P. The summed E-state index contributed by atoms with van der Waals surface area (Å²) in [7, 11) is 1.39. The van der Waals surface area contributed by atoms with Gasteiger partial charge in [0.1, 0.15) is 11.4 Å². The molecular weight excluding hydrogens is 551 g/mol. The molecule has 42 heavy (non-hydrogen) atoms. The SMILES string of the molecule is C=C1C=CC(C)=CN1/C(C(=O)NCc1ccc(N2CCC(c3ccc(OC(F)(F)P)cc3)CC2)cc1)=C(\C)CC.CC. The monoisotopic (exact) mass is 595 g/mol. The van der Waals surface area contributed by atoms with Gasteiger partial charge in [0.25, 0.3) is 5.91 Å². The number of anilines is 1. The Labute approximate surface area is 252 Å². The Hall–Kier alpha value is -3.44. The summed E-state index contributed by atoms with van der Waals surface area (Å²) < 4.78 is 30.7. The largest absolute Gasteiger partial charge is 0.430 e. The van der Waals surface area contributed by atoms with Crippen molar-refractivity contribution >= 4 is 20.8 Å². The summed E-state index contributed by atoms with van der Waals surface area (Å²) in [5.41, 5.74) is 6.78. The first kappa shape index (κ1) is 33.1. The molecule has 2 aromatic rings. The Bertz CT molecular complexity index is 1300. The predicted octanol–water partition coefficient (Wildman–Crippen LogP) is 8.49. The summed E-state index contributed by atoms with van der Waals surface area (Å²) >= 11 is 0. The number of carbonyl (C=O) groups excluding carboxylic acids is 1. The number of piperidine rings is 1.